The van der Waals surface area contributed by atoms with Crippen molar-refractivity contribution in [1.29, 1.82) is 0 Å². The smallest absolute Gasteiger partial charge is 0.241 e. The number of rotatable bonds is 4. The van der Waals surface area contributed by atoms with Crippen molar-refractivity contribution in [1.82, 2.24) is 9.71 Å². The van der Waals surface area contributed by atoms with Gasteiger partial charge in [0, 0.05) is 6.07 Å². The maximum atomic E-state index is 11.5. The Bertz CT molecular complexity index is 610. The number of ether oxygens (including phenoxy) is 1. The number of hydrogen-bond donors (Lipinski definition) is 1. The molecule has 0 saturated carbocycles. The minimum Gasteiger partial charge on any atom is -0.439 e. The molecule has 0 atom stereocenters. The second-order valence-electron chi connectivity index (χ2n) is 3.45. The molecule has 94 valence electrons. The number of benzene rings is 1. The number of sulfonamides is 1. The molecular formula is C12H12N2O3S. The van der Waals surface area contributed by atoms with Crippen LogP contribution in [0.25, 0.3) is 0 Å². The van der Waals surface area contributed by atoms with Gasteiger partial charge < -0.3 is 4.74 Å². The molecule has 0 aliphatic rings. The van der Waals surface area contributed by atoms with Crippen molar-refractivity contribution in [3.05, 3.63) is 48.7 Å². The molecule has 0 unspecified atom stereocenters. The fourth-order valence-electron chi connectivity index (χ4n) is 1.31. The van der Waals surface area contributed by atoms with E-state index >= 15 is 0 Å². The summed E-state index contributed by atoms with van der Waals surface area (Å²) in [4.78, 5) is 4.05. The Morgan fingerprint density at radius 2 is 1.83 bits per heavy atom. The predicted octanol–water partition coefficient (Wildman–Crippen LogP) is 1.78. The molecule has 0 spiro atoms. The van der Waals surface area contributed by atoms with E-state index in [9.17, 15) is 8.42 Å². The van der Waals surface area contributed by atoms with Crippen molar-refractivity contribution in [2.75, 3.05) is 7.05 Å². The molecule has 18 heavy (non-hydrogen) atoms. The fraction of sp³-hybridized carbons (Fsp3) is 0.0833. The lowest BCUT2D eigenvalue weighted by Crippen LogP contribution is -2.18. The van der Waals surface area contributed by atoms with E-state index in [2.05, 4.69) is 9.71 Å². The van der Waals surface area contributed by atoms with Crippen molar-refractivity contribution in [3.63, 3.8) is 0 Å². The van der Waals surface area contributed by atoms with Crippen LogP contribution in [-0.2, 0) is 10.0 Å². The average Bonchev–Trinajstić information content (AvgIpc) is 2.40. The Labute approximate surface area is 105 Å². The number of aromatic nitrogens is 1. The highest BCUT2D eigenvalue weighted by atomic mass is 32.2. The van der Waals surface area contributed by atoms with Gasteiger partial charge in [0.25, 0.3) is 0 Å². The zero-order chi connectivity index (χ0) is 13.0. The first-order valence-electron chi connectivity index (χ1n) is 5.24. The van der Waals surface area contributed by atoms with Crippen LogP contribution in [0.15, 0.2) is 53.6 Å². The Kier molecular flexibility index (Phi) is 3.59. The van der Waals surface area contributed by atoms with Gasteiger partial charge in [-0.1, -0.05) is 18.2 Å². The van der Waals surface area contributed by atoms with Gasteiger partial charge in [-0.2, -0.15) is 0 Å². The van der Waals surface area contributed by atoms with Crippen LogP contribution in [0.4, 0.5) is 0 Å². The minimum atomic E-state index is -3.46. The summed E-state index contributed by atoms with van der Waals surface area (Å²) >= 11 is 0. The summed E-state index contributed by atoms with van der Waals surface area (Å²) in [7, 11) is -2.10. The first kappa shape index (κ1) is 12.5. The molecule has 1 heterocycles. The van der Waals surface area contributed by atoms with Gasteiger partial charge in [0.05, 0.1) is 6.20 Å². The molecule has 6 heteroatoms. The molecule has 0 fully saturated rings. The Balaban J connectivity index is 2.19. The second-order valence-corrected chi connectivity index (χ2v) is 5.34. The molecule has 0 bridgehead atoms. The molecule has 2 aromatic rings. The maximum Gasteiger partial charge on any atom is 0.241 e. The number of para-hydroxylation sites is 1. The van der Waals surface area contributed by atoms with Gasteiger partial charge in [-0.3, -0.25) is 0 Å². The van der Waals surface area contributed by atoms with Crippen molar-refractivity contribution in [2.24, 2.45) is 0 Å². The van der Waals surface area contributed by atoms with E-state index in [0.717, 1.165) is 0 Å². The molecule has 0 radical (unpaired) electrons. The van der Waals surface area contributed by atoms with E-state index in [1.807, 2.05) is 18.2 Å². The minimum absolute atomic E-state index is 0.102. The first-order valence-corrected chi connectivity index (χ1v) is 6.72. The van der Waals surface area contributed by atoms with Crippen molar-refractivity contribution < 1.29 is 13.2 Å². The third kappa shape index (κ3) is 2.85. The number of nitrogens with zero attached hydrogens (tertiary/aromatic N) is 1. The third-order valence-electron chi connectivity index (χ3n) is 2.25. The molecule has 1 N–H and O–H groups in total. The maximum absolute atomic E-state index is 11.5. The van der Waals surface area contributed by atoms with E-state index in [1.54, 1.807) is 12.1 Å². The quantitative estimate of drug-likeness (QED) is 0.914. The molecule has 1 aromatic heterocycles. The van der Waals surface area contributed by atoms with Crippen LogP contribution in [0.1, 0.15) is 0 Å². The Morgan fingerprint density at radius 1 is 1.11 bits per heavy atom. The highest BCUT2D eigenvalue weighted by Crippen LogP contribution is 2.19. The van der Waals surface area contributed by atoms with Crippen molar-refractivity contribution in [2.45, 2.75) is 4.90 Å². The third-order valence-corrected chi connectivity index (χ3v) is 3.65. The molecule has 1 aromatic carbocycles. The SMILES string of the molecule is CNS(=O)(=O)c1ccc(Oc2ccccc2)nc1. The summed E-state index contributed by atoms with van der Waals surface area (Å²) in [5, 5.41) is 0. The van der Waals surface area contributed by atoms with Gasteiger partial charge in [0.1, 0.15) is 10.6 Å². The van der Waals surface area contributed by atoms with Crippen LogP contribution in [0.3, 0.4) is 0 Å². The van der Waals surface area contributed by atoms with Crippen LogP contribution in [-0.4, -0.2) is 20.4 Å². The largest absolute Gasteiger partial charge is 0.439 e. The normalized spacial score (nSPS) is 11.2. The van der Waals surface area contributed by atoms with Gasteiger partial charge >= 0.3 is 0 Å². The van der Waals surface area contributed by atoms with E-state index in [1.165, 1.54) is 25.4 Å². The molecule has 0 saturated heterocycles. The molecule has 5 nitrogen and oxygen atoms in total. The number of pyridine rings is 1. The molecule has 0 aliphatic heterocycles. The summed E-state index contributed by atoms with van der Waals surface area (Å²) in [6, 6.07) is 12.1. The monoisotopic (exact) mass is 264 g/mol. The molecule has 2 rings (SSSR count). The average molecular weight is 264 g/mol. The summed E-state index contributed by atoms with van der Waals surface area (Å²) in [5.74, 6) is 0.991. The van der Waals surface area contributed by atoms with Crippen LogP contribution in [0, 0.1) is 0 Å². The number of nitrogens with one attached hydrogen (secondary N) is 1. The Hall–Kier alpha value is -1.92. The highest BCUT2D eigenvalue weighted by Gasteiger charge is 2.11. The zero-order valence-corrected chi connectivity index (χ0v) is 10.5. The Morgan fingerprint density at radius 3 is 2.39 bits per heavy atom. The van der Waals surface area contributed by atoms with Crippen LogP contribution >= 0.6 is 0 Å². The van der Waals surface area contributed by atoms with Gasteiger partial charge in [-0.15, -0.1) is 0 Å². The molecular weight excluding hydrogens is 252 g/mol. The van der Waals surface area contributed by atoms with Crippen LogP contribution in [0.5, 0.6) is 11.6 Å². The van der Waals surface area contributed by atoms with Gasteiger partial charge in [0.2, 0.25) is 15.9 Å². The molecule has 0 amide bonds. The lowest BCUT2D eigenvalue weighted by atomic mass is 10.3. The lowest BCUT2D eigenvalue weighted by Gasteiger charge is -2.05. The summed E-state index contributed by atoms with van der Waals surface area (Å²) in [5.41, 5.74) is 0. The van der Waals surface area contributed by atoms with E-state index in [4.69, 9.17) is 4.74 Å². The summed E-state index contributed by atoms with van der Waals surface area (Å²) in [6.45, 7) is 0. The highest BCUT2D eigenvalue weighted by molar-refractivity contribution is 7.89. The van der Waals surface area contributed by atoms with E-state index in [0.29, 0.717) is 11.6 Å². The second kappa shape index (κ2) is 5.16. The van der Waals surface area contributed by atoms with Crippen LogP contribution < -0.4 is 9.46 Å². The predicted molar refractivity (Wildman–Crippen MR) is 67.0 cm³/mol. The van der Waals surface area contributed by atoms with Crippen molar-refractivity contribution >= 4 is 10.0 Å². The van der Waals surface area contributed by atoms with Gasteiger partial charge in [-0.05, 0) is 25.2 Å². The van der Waals surface area contributed by atoms with E-state index < -0.39 is 10.0 Å². The lowest BCUT2D eigenvalue weighted by molar-refractivity contribution is 0.462. The molecule has 0 aliphatic carbocycles. The van der Waals surface area contributed by atoms with Gasteiger partial charge in [-0.25, -0.2) is 18.1 Å². The standard InChI is InChI=1S/C12H12N2O3S/c1-13-18(15,16)11-7-8-12(14-9-11)17-10-5-3-2-4-6-10/h2-9,13H,1H3. The topological polar surface area (TPSA) is 68.3 Å². The van der Waals surface area contributed by atoms with Crippen molar-refractivity contribution in [3.8, 4) is 11.6 Å². The first-order chi connectivity index (χ1) is 8.62. The summed E-state index contributed by atoms with van der Waals surface area (Å²) < 4.78 is 30.6. The number of hydrogen-bond acceptors (Lipinski definition) is 4. The van der Waals surface area contributed by atoms with E-state index in [-0.39, 0.29) is 4.90 Å². The van der Waals surface area contributed by atoms with Crippen LogP contribution in [0.2, 0.25) is 0 Å². The van der Waals surface area contributed by atoms with Gasteiger partial charge in [0.15, 0.2) is 0 Å². The zero-order valence-electron chi connectivity index (χ0n) is 9.70. The summed E-state index contributed by atoms with van der Waals surface area (Å²) in [6.07, 6.45) is 1.25. The fourth-order valence-corrected chi connectivity index (χ4v) is 1.99.